The van der Waals surface area contributed by atoms with Crippen LogP contribution in [0.5, 0.6) is 0 Å². The van der Waals surface area contributed by atoms with E-state index in [-0.39, 0.29) is 11.6 Å². The van der Waals surface area contributed by atoms with Crippen LogP contribution in [0.2, 0.25) is 0 Å². The molecule has 0 aliphatic rings. The molecule has 0 atom stereocenters. The predicted octanol–water partition coefficient (Wildman–Crippen LogP) is 2.48. The molecule has 1 amide bonds. The Hall–Kier alpha value is -1.10. The maximum atomic E-state index is 12.8. The molecule has 0 radical (unpaired) electrons. The highest BCUT2D eigenvalue weighted by Gasteiger charge is 2.06. The summed E-state index contributed by atoms with van der Waals surface area (Å²) in [5.74, 6) is 0.214. The van der Waals surface area contributed by atoms with Gasteiger partial charge in [0.1, 0.15) is 5.69 Å². The summed E-state index contributed by atoms with van der Waals surface area (Å²) in [6.07, 6.45) is 5.28. The van der Waals surface area contributed by atoms with Crippen LogP contribution in [0.3, 0.4) is 0 Å². The normalized spacial score (nSPS) is 10.2. The summed E-state index contributed by atoms with van der Waals surface area (Å²) >= 11 is 1.83. The summed E-state index contributed by atoms with van der Waals surface area (Å²) in [6, 6.07) is 4.21. The first-order valence-corrected chi connectivity index (χ1v) is 7.03. The van der Waals surface area contributed by atoms with Crippen molar-refractivity contribution in [2.75, 3.05) is 18.6 Å². The van der Waals surface area contributed by atoms with Crippen LogP contribution in [-0.4, -0.2) is 29.4 Å². The number of hydrogen-bond donors (Lipinski definition) is 1. The summed E-state index contributed by atoms with van der Waals surface area (Å²) in [6.45, 7) is 0.616. The second kappa shape index (κ2) is 8.06. The molecule has 0 unspecified atom stereocenters. The Balaban J connectivity index is 2.21. The molecule has 1 aromatic heterocycles. The minimum absolute atomic E-state index is 0.133. The molecule has 0 aromatic carbocycles. The van der Waals surface area contributed by atoms with Crippen LogP contribution in [0.1, 0.15) is 29.8 Å². The number of carbonyl (C=O) groups excluding carboxylic acids is 1. The van der Waals surface area contributed by atoms with Gasteiger partial charge >= 0.3 is 0 Å². The third kappa shape index (κ3) is 5.68. The molecule has 1 heterocycles. The van der Waals surface area contributed by atoms with Crippen molar-refractivity contribution in [3.05, 3.63) is 29.8 Å². The number of rotatable bonds is 7. The van der Waals surface area contributed by atoms with Gasteiger partial charge in [0, 0.05) is 6.54 Å². The Morgan fingerprint density at radius 3 is 2.94 bits per heavy atom. The number of aromatic nitrogens is 1. The number of hydrogen-bond acceptors (Lipinski definition) is 3. The lowest BCUT2D eigenvalue weighted by Crippen LogP contribution is -2.25. The van der Waals surface area contributed by atoms with E-state index in [2.05, 4.69) is 16.6 Å². The standard InChI is InChI=1S/C12H17FN2OS/c1-17-9-4-2-3-8-14-12(16)10-6-5-7-11(13)15-10/h5-7H,2-4,8-9H2,1H3,(H,14,16). The molecular weight excluding hydrogens is 239 g/mol. The van der Waals surface area contributed by atoms with Crippen molar-refractivity contribution in [1.29, 1.82) is 0 Å². The van der Waals surface area contributed by atoms with Crippen molar-refractivity contribution in [2.45, 2.75) is 19.3 Å². The summed E-state index contributed by atoms with van der Waals surface area (Å²) in [7, 11) is 0. The zero-order valence-electron chi connectivity index (χ0n) is 9.91. The highest BCUT2D eigenvalue weighted by molar-refractivity contribution is 7.98. The maximum absolute atomic E-state index is 12.8. The summed E-state index contributed by atoms with van der Waals surface area (Å²) in [5, 5.41) is 2.73. The number of nitrogens with zero attached hydrogens (tertiary/aromatic N) is 1. The second-order valence-electron chi connectivity index (χ2n) is 3.65. The lowest BCUT2D eigenvalue weighted by Gasteiger charge is -2.04. The van der Waals surface area contributed by atoms with Gasteiger partial charge in [0.25, 0.3) is 5.91 Å². The first-order chi connectivity index (χ1) is 8.24. The molecule has 0 spiro atoms. The van der Waals surface area contributed by atoms with Crippen LogP contribution in [0, 0.1) is 5.95 Å². The summed E-state index contributed by atoms with van der Waals surface area (Å²) in [4.78, 5) is 15.1. The number of halogens is 1. The first-order valence-electron chi connectivity index (χ1n) is 5.63. The second-order valence-corrected chi connectivity index (χ2v) is 4.64. The Labute approximate surface area is 105 Å². The van der Waals surface area contributed by atoms with Gasteiger partial charge < -0.3 is 5.32 Å². The largest absolute Gasteiger partial charge is 0.351 e. The minimum atomic E-state index is -0.627. The van der Waals surface area contributed by atoms with Crippen molar-refractivity contribution in [3.63, 3.8) is 0 Å². The van der Waals surface area contributed by atoms with E-state index in [9.17, 15) is 9.18 Å². The fraction of sp³-hybridized carbons (Fsp3) is 0.500. The Morgan fingerprint density at radius 1 is 1.41 bits per heavy atom. The quantitative estimate of drug-likeness (QED) is 0.602. The van der Waals surface area contributed by atoms with Crippen LogP contribution in [0.4, 0.5) is 4.39 Å². The Morgan fingerprint density at radius 2 is 2.24 bits per heavy atom. The van der Waals surface area contributed by atoms with Gasteiger partial charge in [-0.05, 0) is 37.0 Å². The van der Waals surface area contributed by atoms with E-state index >= 15 is 0 Å². The number of pyridine rings is 1. The third-order valence-corrected chi connectivity index (χ3v) is 2.96. The van der Waals surface area contributed by atoms with Gasteiger partial charge in [0.15, 0.2) is 0 Å². The molecule has 0 aliphatic heterocycles. The molecule has 1 rings (SSSR count). The lowest BCUT2D eigenvalue weighted by molar-refractivity contribution is 0.0947. The minimum Gasteiger partial charge on any atom is -0.351 e. The maximum Gasteiger partial charge on any atom is 0.269 e. The smallest absolute Gasteiger partial charge is 0.269 e. The van der Waals surface area contributed by atoms with Gasteiger partial charge in [0.05, 0.1) is 0 Å². The third-order valence-electron chi connectivity index (χ3n) is 2.26. The van der Waals surface area contributed by atoms with Gasteiger partial charge in [0.2, 0.25) is 5.95 Å². The van der Waals surface area contributed by atoms with E-state index in [1.54, 1.807) is 0 Å². The number of unbranched alkanes of at least 4 members (excludes halogenated alkanes) is 2. The van der Waals surface area contributed by atoms with Crippen LogP contribution in [-0.2, 0) is 0 Å². The average Bonchev–Trinajstić information content (AvgIpc) is 2.33. The van der Waals surface area contributed by atoms with Gasteiger partial charge in [-0.25, -0.2) is 4.98 Å². The molecule has 0 saturated heterocycles. The number of carbonyl (C=O) groups is 1. The zero-order chi connectivity index (χ0) is 12.5. The molecular formula is C12H17FN2OS. The van der Waals surface area contributed by atoms with Crippen molar-refractivity contribution in [2.24, 2.45) is 0 Å². The van der Waals surface area contributed by atoms with E-state index in [0.717, 1.165) is 25.0 Å². The average molecular weight is 256 g/mol. The zero-order valence-corrected chi connectivity index (χ0v) is 10.7. The van der Waals surface area contributed by atoms with Crippen molar-refractivity contribution >= 4 is 17.7 Å². The Bertz CT molecular complexity index is 360. The van der Waals surface area contributed by atoms with E-state index in [0.29, 0.717) is 6.54 Å². The number of amides is 1. The topological polar surface area (TPSA) is 42.0 Å². The predicted molar refractivity (Wildman–Crippen MR) is 68.8 cm³/mol. The molecule has 94 valence electrons. The van der Waals surface area contributed by atoms with Gasteiger partial charge in [-0.15, -0.1) is 0 Å². The molecule has 5 heteroatoms. The molecule has 0 aliphatic carbocycles. The highest BCUT2D eigenvalue weighted by Crippen LogP contribution is 2.02. The lowest BCUT2D eigenvalue weighted by atomic mass is 10.2. The Kier molecular flexibility index (Phi) is 6.62. The SMILES string of the molecule is CSCCCCCNC(=O)c1cccc(F)n1. The van der Waals surface area contributed by atoms with Crippen LogP contribution < -0.4 is 5.32 Å². The van der Waals surface area contributed by atoms with E-state index in [1.807, 2.05) is 11.8 Å². The molecule has 3 nitrogen and oxygen atoms in total. The van der Waals surface area contributed by atoms with Crippen molar-refractivity contribution in [1.82, 2.24) is 10.3 Å². The van der Waals surface area contributed by atoms with Gasteiger partial charge in [-0.1, -0.05) is 12.5 Å². The van der Waals surface area contributed by atoms with Crippen molar-refractivity contribution in [3.8, 4) is 0 Å². The van der Waals surface area contributed by atoms with E-state index in [1.165, 1.54) is 18.2 Å². The molecule has 0 fully saturated rings. The molecule has 1 N–H and O–H groups in total. The van der Waals surface area contributed by atoms with Crippen LogP contribution in [0.25, 0.3) is 0 Å². The summed E-state index contributed by atoms with van der Waals surface area (Å²) < 4.78 is 12.8. The monoisotopic (exact) mass is 256 g/mol. The van der Waals surface area contributed by atoms with Crippen molar-refractivity contribution < 1.29 is 9.18 Å². The van der Waals surface area contributed by atoms with E-state index in [4.69, 9.17) is 0 Å². The molecule has 0 bridgehead atoms. The fourth-order valence-corrected chi connectivity index (χ4v) is 1.87. The highest BCUT2D eigenvalue weighted by atomic mass is 32.2. The first kappa shape index (κ1) is 14.0. The molecule has 0 saturated carbocycles. The molecule has 17 heavy (non-hydrogen) atoms. The van der Waals surface area contributed by atoms with Crippen LogP contribution >= 0.6 is 11.8 Å². The van der Waals surface area contributed by atoms with E-state index < -0.39 is 5.95 Å². The van der Waals surface area contributed by atoms with Gasteiger partial charge in [-0.2, -0.15) is 16.2 Å². The fourth-order valence-electron chi connectivity index (χ4n) is 1.38. The van der Waals surface area contributed by atoms with Crippen LogP contribution in [0.15, 0.2) is 18.2 Å². The summed E-state index contributed by atoms with van der Waals surface area (Å²) in [5.41, 5.74) is 0.133. The number of nitrogens with one attached hydrogen (secondary N) is 1. The number of thioether (sulfide) groups is 1. The molecule has 1 aromatic rings. The van der Waals surface area contributed by atoms with Gasteiger partial charge in [-0.3, -0.25) is 4.79 Å².